The lowest BCUT2D eigenvalue weighted by atomic mass is 10.0. The Morgan fingerprint density at radius 3 is 2.88 bits per heavy atom. The maximum absolute atomic E-state index is 12.4. The van der Waals surface area contributed by atoms with Crippen LogP contribution in [0.5, 0.6) is 5.88 Å². The lowest BCUT2D eigenvalue weighted by molar-refractivity contribution is 0.0171. The van der Waals surface area contributed by atoms with Gasteiger partial charge < -0.3 is 19.3 Å². The van der Waals surface area contributed by atoms with Crippen molar-refractivity contribution in [1.82, 2.24) is 25.2 Å². The SMILES string of the molecule is CCc1noc(C2(O)CCN(C(=O)Nc3ccc(OC(C)C)nn3)C2)n1. The second-order valence-corrected chi connectivity index (χ2v) is 6.43. The van der Waals surface area contributed by atoms with Gasteiger partial charge in [-0.3, -0.25) is 5.32 Å². The molecule has 10 nitrogen and oxygen atoms in total. The van der Waals surface area contributed by atoms with E-state index in [-0.39, 0.29) is 24.6 Å². The Kier molecular flexibility index (Phi) is 5.03. The normalized spacial score (nSPS) is 19.8. The summed E-state index contributed by atoms with van der Waals surface area (Å²) in [6.07, 6.45) is 0.919. The van der Waals surface area contributed by atoms with Gasteiger partial charge in [0.2, 0.25) is 5.88 Å². The first kappa shape index (κ1) is 18.1. The molecule has 2 amide bonds. The highest BCUT2D eigenvalue weighted by Crippen LogP contribution is 2.31. The number of urea groups is 1. The number of likely N-dealkylation sites (tertiary alicyclic amines) is 1. The molecule has 1 atom stereocenters. The molecule has 1 unspecified atom stereocenters. The van der Waals surface area contributed by atoms with Crippen LogP contribution >= 0.6 is 0 Å². The largest absolute Gasteiger partial charge is 0.474 e. The van der Waals surface area contributed by atoms with E-state index < -0.39 is 5.60 Å². The molecule has 0 aromatic carbocycles. The summed E-state index contributed by atoms with van der Waals surface area (Å²) < 4.78 is 10.5. The zero-order valence-electron chi connectivity index (χ0n) is 15.0. The number of nitrogens with zero attached hydrogens (tertiary/aromatic N) is 5. The number of anilines is 1. The van der Waals surface area contributed by atoms with Crippen LogP contribution in [0.3, 0.4) is 0 Å². The summed E-state index contributed by atoms with van der Waals surface area (Å²) in [5, 5.41) is 25.0. The number of carbonyl (C=O) groups excluding carboxylic acids is 1. The topological polar surface area (TPSA) is 127 Å². The molecular formula is C16H22N6O4. The van der Waals surface area contributed by atoms with Crippen molar-refractivity contribution in [3.8, 4) is 5.88 Å². The van der Waals surface area contributed by atoms with Gasteiger partial charge in [-0.15, -0.1) is 10.2 Å². The number of nitrogens with one attached hydrogen (secondary N) is 1. The van der Waals surface area contributed by atoms with Gasteiger partial charge in [-0.05, 0) is 19.9 Å². The van der Waals surface area contributed by atoms with Crippen LogP contribution in [-0.2, 0) is 12.0 Å². The highest BCUT2D eigenvalue weighted by atomic mass is 16.5. The molecule has 2 aromatic heterocycles. The number of aromatic nitrogens is 4. The fraction of sp³-hybridized carbons (Fsp3) is 0.562. The van der Waals surface area contributed by atoms with Crippen molar-refractivity contribution >= 4 is 11.8 Å². The first-order valence-electron chi connectivity index (χ1n) is 8.51. The molecule has 1 aliphatic heterocycles. The Balaban J connectivity index is 1.60. The molecular weight excluding hydrogens is 340 g/mol. The van der Waals surface area contributed by atoms with Gasteiger partial charge in [0, 0.05) is 25.5 Å². The van der Waals surface area contributed by atoms with Gasteiger partial charge in [0.25, 0.3) is 5.89 Å². The van der Waals surface area contributed by atoms with Gasteiger partial charge in [-0.25, -0.2) is 4.79 Å². The van der Waals surface area contributed by atoms with Crippen molar-refractivity contribution in [3.63, 3.8) is 0 Å². The number of amides is 2. The van der Waals surface area contributed by atoms with Crippen molar-refractivity contribution in [2.24, 2.45) is 0 Å². The van der Waals surface area contributed by atoms with E-state index in [0.29, 0.717) is 36.9 Å². The summed E-state index contributed by atoms with van der Waals surface area (Å²) in [7, 11) is 0. The number of aryl methyl sites for hydroxylation is 1. The third kappa shape index (κ3) is 3.90. The fourth-order valence-corrected chi connectivity index (χ4v) is 2.61. The van der Waals surface area contributed by atoms with E-state index in [1.54, 1.807) is 12.1 Å². The van der Waals surface area contributed by atoms with E-state index in [1.165, 1.54) is 4.90 Å². The number of rotatable bonds is 5. The second-order valence-electron chi connectivity index (χ2n) is 6.43. The molecule has 3 rings (SSSR count). The molecule has 0 saturated carbocycles. The minimum atomic E-state index is -1.33. The van der Waals surface area contributed by atoms with Crippen molar-refractivity contribution < 1.29 is 19.2 Å². The minimum Gasteiger partial charge on any atom is -0.474 e. The third-order valence-corrected chi connectivity index (χ3v) is 3.95. The molecule has 1 fully saturated rings. The molecule has 140 valence electrons. The first-order chi connectivity index (χ1) is 12.4. The van der Waals surface area contributed by atoms with E-state index in [4.69, 9.17) is 9.26 Å². The number of hydrogen-bond donors (Lipinski definition) is 2. The minimum absolute atomic E-state index is 0.00931. The molecule has 0 radical (unpaired) electrons. The lowest BCUT2D eigenvalue weighted by Crippen LogP contribution is -2.37. The van der Waals surface area contributed by atoms with Crippen molar-refractivity contribution in [1.29, 1.82) is 0 Å². The number of ether oxygens (including phenoxy) is 1. The molecule has 0 spiro atoms. The Bertz CT molecular complexity index is 762. The van der Waals surface area contributed by atoms with Crippen LogP contribution in [0.2, 0.25) is 0 Å². The fourth-order valence-electron chi connectivity index (χ4n) is 2.61. The van der Waals surface area contributed by atoms with Crippen LogP contribution in [0.25, 0.3) is 0 Å². The molecule has 26 heavy (non-hydrogen) atoms. The van der Waals surface area contributed by atoms with Crippen LogP contribution in [-0.4, -0.2) is 55.6 Å². The summed E-state index contributed by atoms with van der Waals surface area (Å²) in [6.45, 7) is 6.09. The van der Waals surface area contributed by atoms with Gasteiger partial charge in [0.05, 0.1) is 12.6 Å². The standard InChI is InChI=1S/C16H22N6O4/c1-4-11-17-14(26-21-11)16(24)7-8-22(9-16)15(23)18-12-5-6-13(20-19-12)25-10(2)3/h5-6,10,24H,4,7-9H2,1-3H3,(H,18,19,23). The molecule has 1 aliphatic rings. The Morgan fingerprint density at radius 1 is 1.46 bits per heavy atom. The van der Waals surface area contributed by atoms with Crippen LogP contribution in [0.4, 0.5) is 10.6 Å². The lowest BCUT2D eigenvalue weighted by Gasteiger charge is -2.19. The first-order valence-corrected chi connectivity index (χ1v) is 8.51. The quantitative estimate of drug-likeness (QED) is 0.816. The molecule has 2 N–H and O–H groups in total. The van der Waals surface area contributed by atoms with Gasteiger partial charge >= 0.3 is 6.03 Å². The number of aliphatic hydroxyl groups is 1. The number of hydrogen-bond acceptors (Lipinski definition) is 8. The molecule has 2 aromatic rings. The van der Waals surface area contributed by atoms with Gasteiger partial charge in [0.1, 0.15) is 0 Å². The van der Waals surface area contributed by atoms with E-state index in [9.17, 15) is 9.90 Å². The molecule has 3 heterocycles. The predicted molar refractivity (Wildman–Crippen MR) is 90.6 cm³/mol. The maximum Gasteiger partial charge on any atom is 0.323 e. The Labute approximate surface area is 150 Å². The number of carbonyl (C=O) groups is 1. The summed E-state index contributed by atoms with van der Waals surface area (Å²) in [6, 6.07) is 2.85. The van der Waals surface area contributed by atoms with E-state index >= 15 is 0 Å². The zero-order valence-corrected chi connectivity index (χ0v) is 15.0. The van der Waals surface area contributed by atoms with Crippen LogP contribution in [0.1, 0.15) is 38.9 Å². The zero-order chi connectivity index (χ0) is 18.7. The summed E-state index contributed by atoms with van der Waals surface area (Å²) in [4.78, 5) is 18.0. The molecule has 0 aliphatic carbocycles. The molecule has 1 saturated heterocycles. The van der Waals surface area contributed by atoms with Crippen molar-refractivity contribution in [3.05, 3.63) is 23.8 Å². The van der Waals surface area contributed by atoms with Crippen LogP contribution in [0.15, 0.2) is 16.7 Å². The summed E-state index contributed by atoms with van der Waals surface area (Å²) >= 11 is 0. The average molecular weight is 362 g/mol. The second kappa shape index (κ2) is 7.24. The van der Waals surface area contributed by atoms with Crippen LogP contribution in [0, 0.1) is 0 Å². The van der Waals surface area contributed by atoms with E-state index in [2.05, 4.69) is 25.7 Å². The summed E-state index contributed by atoms with van der Waals surface area (Å²) in [5.74, 6) is 1.35. The average Bonchev–Trinajstić information content (AvgIpc) is 3.24. The van der Waals surface area contributed by atoms with Crippen molar-refractivity contribution in [2.75, 3.05) is 18.4 Å². The highest BCUT2D eigenvalue weighted by Gasteiger charge is 2.44. The van der Waals surface area contributed by atoms with Crippen LogP contribution < -0.4 is 10.1 Å². The smallest absolute Gasteiger partial charge is 0.323 e. The molecule has 0 bridgehead atoms. The summed E-state index contributed by atoms with van der Waals surface area (Å²) in [5.41, 5.74) is -1.33. The van der Waals surface area contributed by atoms with E-state index in [1.807, 2.05) is 20.8 Å². The van der Waals surface area contributed by atoms with Gasteiger partial charge in [-0.1, -0.05) is 12.1 Å². The maximum atomic E-state index is 12.4. The molecule has 10 heteroatoms. The van der Waals surface area contributed by atoms with Gasteiger partial charge in [0.15, 0.2) is 17.2 Å². The number of β-amino-alcohol motifs (C(OH)–C–C–N with tert-alkyl or cyclic N) is 1. The Morgan fingerprint density at radius 2 is 2.27 bits per heavy atom. The van der Waals surface area contributed by atoms with E-state index in [0.717, 1.165) is 0 Å². The van der Waals surface area contributed by atoms with Gasteiger partial charge in [-0.2, -0.15) is 4.98 Å². The highest BCUT2D eigenvalue weighted by molar-refractivity contribution is 5.88. The predicted octanol–water partition coefficient (Wildman–Crippen LogP) is 1.33. The third-order valence-electron chi connectivity index (χ3n) is 3.95. The Hall–Kier alpha value is -2.75. The van der Waals surface area contributed by atoms with Crippen molar-refractivity contribution in [2.45, 2.75) is 45.3 Å². The monoisotopic (exact) mass is 362 g/mol.